The minimum absolute atomic E-state index is 0.462. The molecule has 0 atom stereocenters. The number of hydrogen-bond acceptors (Lipinski definition) is 2. The Morgan fingerprint density at radius 1 is 1.88 bits per heavy atom. The Hall–Kier alpha value is -0.925. The van der Waals surface area contributed by atoms with Gasteiger partial charge in [0.15, 0.2) is 0 Å². The van der Waals surface area contributed by atoms with Crippen molar-refractivity contribution in [1.82, 2.24) is 10.2 Å². The van der Waals surface area contributed by atoms with Gasteiger partial charge in [-0.25, -0.2) is 0 Å². The Bertz CT molecular complexity index is 172. The van der Waals surface area contributed by atoms with Crippen LogP contribution >= 0.6 is 0 Å². The van der Waals surface area contributed by atoms with Gasteiger partial charge in [-0.15, -0.1) is 0 Å². The van der Waals surface area contributed by atoms with Gasteiger partial charge in [-0.3, -0.25) is 5.10 Å². The summed E-state index contributed by atoms with van der Waals surface area (Å²) in [4.78, 5) is 0. The molecule has 0 amide bonds. The van der Waals surface area contributed by atoms with Gasteiger partial charge in [0.2, 0.25) is 0 Å². The lowest BCUT2D eigenvalue weighted by Crippen LogP contribution is -1.81. The lowest BCUT2D eigenvalue weighted by molar-refractivity contribution is 1.04. The largest absolute Gasteiger partial charge is 0.382 e. The van der Waals surface area contributed by atoms with Crippen molar-refractivity contribution in [1.29, 1.82) is 0 Å². The van der Waals surface area contributed by atoms with Crippen LogP contribution in [-0.4, -0.2) is 18.0 Å². The molecule has 0 unspecified atom stereocenters. The average molecular weight is 107 g/mol. The molecule has 0 aliphatic heterocycles. The van der Waals surface area contributed by atoms with Crippen LogP contribution in [-0.2, 0) is 6.32 Å². The summed E-state index contributed by atoms with van der Waals surface area (Å²) in [7, 11) is 5.24. The summed E-state index contributed by atoms with van der Waals surface area (Å²) < 4.78 is 0. The Morgan fingerprint density at radius 2 is 2.62 bits per heavy atom. The summed E-state index contributed by atoms with van der Waals surface area (Å²) in [6.07, 6.45) is 0.462. The highest BCUT2D eigenvalue weighted by Crippen LogP contribution is 1.97. The van der Waals surface area contributed by atoms with Crippen molar-refractivity contribution in [2.75, 3.05) is 5.73 Å². The van der Waals surface area contributed by atoms with E-state index in [9.17, 15) is 0 Å². The van der Waals surface area contributed by atoms with E-state index in [0.29, 0.717) is 12.1 Å². The van der Waals surface area contributed by atoms with Crippen LogP contribution in [0.3, 0.4) is 0 Å². The smallest absolute Gasteiger partial charge is 0.145 e. The van der Waals surface area contributed by atoms with E-state index in [2.05, 4.69) is 10.2 Å². The van der Waals surface area contributed by atoms with Gasteiger partial charge in [-0.1, -0.05) is 0 Å². The molecule has 2 radical (unpaired) electrons. The molecule has 0 aliphatic rings. The van der Waals surface area contributed by atoms with Crippen LogP contribution in [0.2, 0.25) is 0 Å². The quantitative estimate of drug-likeness (QED) is 0.482. The van der Waals surface area contributed by atoms with Crippen LogP contribution in [0, 0.1) is 0 Å². The van der Waals surface area contributed by atoms with Crippen LogP contribution in [0.1, 0.15) is 5.69 Å². The molecule has 0 spiro atoms. The van der Waals surface area contributed by atoms with E-state index in [4.69, 9.17) is 13.6 Å². The number of nitrogen functional groups attached to an aromatic ring is 1. The second-order valence-corrected chi connectivity index (χ2v) is 1.52. The first-order valence-electron chi connectivity index (χ1n) is 2.33. The Morgan fingerprint density at radius 3 is 2.88 bits per heavy atom. The number of hydrogen-bond donors (Lipinski definition) is 2. The fourth-order valence-electron chi connectivity index (χ4n) is 0.484. The van der Waals surface area contributed by atoms with E-state index < -0.39 is 0 Å². The molecule has 3 nitrogen and oxygen atoms in total. The summed E-state index contributed by atoms with van der Waals surface area (Å²) in [6.45, 7) is 0. The fourth-order valence-corrected chi connectivity index (χ4v) is 0.484. The number of rotatable bonds is 1. The molecule has 8 heavy (non-hydrogen) atoms. The second-order valence-electron chi connectivity index (χ2n) is 1.52. The molecule has 0 saturated heterocycles. The van der Waals surface area contributed by atoms with Gasteiger partial charge in [0, 0.05) is 11.8 Å². The highest BCUT2D eigenvalue weighted by molar-refractivity contribution is 6.08. The number of nitrogens with two attached hydrogens (primary N) is 1. The summed E-state index contributed by atoms with van der Waals surface area (Å²) in [5.74, 6) is 0.491. The molecule has 0 bridgehead atoms. The molecule has 40 valence electrons. The van der Waals surface area contributed by atoms with Crippen molar-refractivity contribution in [3.8, 4) is 0 Å². The zero-order valence-corrected chi connectivity index (χ0v) is 4.39. The van der Waals surface area contributed by atoms with Gasteiger partial charge < -0.3 is 5.73 Å². The van der Waals surface area contributed by atoms with Crippen molar-refractivity contribution in [2.24, 2.45) is 0 Å². The normalized spacial score (nSPS) is 9.50. The predicted molar refractivity (Wildman–Crippen MR) is 32.5 cm³/mol. The van der Waals surface area contributed by atoms with Crippen molar-refractivity contribution >= 4 is 13.7 Å². The molecule has 4 heteroatoms. The van der Waals surface area contributed by atoms with Crippen LogP contribution in [0.4, 0.5) is 5.82 Å². The number of aromatic amines is 1. The van der Waals surface area contributed by atoms with E-state index in [0.717, 1.165) is 5.69 Å². The minimum Gasteiger partial charge on any atom is -0.382 e. The SMILES string of the molecule is [B]Cc1cc(N)n[nH]1. The van der Waals surface area contributed by atoms with Gasteiger partial charge in [-0.2, -0.15) is 5.10 Å². The molecular formula is C4H6BN3. The second kappa shape index (κ2) is 1.90. The predicted octanol–water partition coefficient (Wildman–Crippen LogP) is -0.340. The molecule has 0 aliphatic carbocycles. The monoisotopic (exact) mass is 107 g/mol. The Labute approximate surface area is 48.7 Å². The standard InChI is InChI=1S/C4H6BN3/c5-2-3-1-4(6)8-7-3/h1H,2H2,(H3,6,7,8). The third-order valence-electron chi connectivity index (χ3n) is 0.871. The first-order valence-corrected chi connectivity index (χ1v) is 2.33. The van der Waals surface area contributed by atoms with E-state index in [-0.39, 0.29) is 0 Å². The summed E-state index contributed by atoms with van der Waals surface area (Å²) in [6, 6.07) is 1.71. The number of aromatic nitrogens is 2. The van der Waals surface area contributed by atoms with E-state index in [1.54, 1.807) is 6.07 Å². The Balaban J connectivity index is 2.84. The van der Waals surface area contributed by atoms with Gasteiger partial charge in [0.25, 0.3) is 0 Å². The topological polar surface area (TPSA) is 54.7 Å². The van der Waals surface area contributed by atoms with Crippen molar-refractivity contribution in [3.05, 3.63) is 11.8 Å². The third kappa shape index (κ3) is 0.830. The minimum atomic E-state index is 0.462. The molecule has 3 N–H and O–H groups in total. The number of anilines is 1. The molecule has 1 aromatic rings. The zero-order chi connectivity index (χ0) is 5.98. The maximum absolute atomic E-state index is 5.26. The molecule has 0 saturated carbocycles. The summed E-state index contributed by atoms with van der Waals surface area (Å²) in [5, 5.41) is 6.32. The van der Waals surface area contributed by atoms with E-state index in [1.807, 2.05) is 0 Å². The third-order valence-corrected chi connectivity index (χ3v) is 0.871. The molecule has 1 heterocycles. The van der Waals surface area contributed by atoms with Gasteiger partial charge in [-0.05, 0) is 6.32 Å². The first kappa shape index (κ1) is 5.22. The molecule has 0 aromatic carbocycles. The number of H-pyrrole nitrogens is 1. The maximum Gasteiger partial charge on any atom is 0.145 e. The zero-order valence-electron chi connectivity index (χ0n) is 4.39. The maximum atomic E-state index is 5.26. The van der Waals surface area contributed by atoms with Crippen LogP contribution in [0.5, 0.6) is 0 Å². The number of nitrogens with zero attached hydrogens (tertiary/aromatic N) is 1. The van der Waals surface area contributed by atoms with E-state index in [1.165, 1.54) is 0 Å². The molecule has 0 fully saturated rings. The Kier molecular flexibility index (Phi) is 1.24. The summed E-state index contributed by atoms with van der Waals surface area (Å²) in [5.41, 5.74) is 6.12. The highest BCUT2D eigenvalue weighted by Gasteiger charge is 1.90. The van der Waals surface area contributed by atoms with Crippen LogP contribution < -0.4 is 5.73 Å². The van der Waals surface area contributed by atoms with Crippen molar-refractivity contribution < 1.29 is 0 Å². The van der Waals surface area contributed by atoms with Crippen LogP contribution in [0.15, 0.2) is 6.07 Å². The molecule has 1 aromatic heterocycles. The van der Waals surface area contributed by atoms with Gasteiger partial charge >= 0.3 is 0 Å². The van der Waals surface area contributed by atoms with Crippen molar-refractivity contribution in [3.63, 3.8) is 0 Å². The van der Waals surface area contributed by atoms with Gasteiger partial charge in [0.05, 0.1) is 7.85 Å². The van der Waals surface area contributed by atoms with Crippen LogP contribution in [0.25, 0.3) is 0 Å². The summed E-state index contributed by atoms with van der Waals surface area (Å²) >= 11 is 0. The number of nitrogens with one attached hydrogen (secondary N) is 1. The van der Waals surface area contributed by atoms with Crippen molar-refractivity contribution in [2.45, 2.75) is 6.32 Å². The fraction of sp³-hybridized carbons (Fsp3) is 0.250. The van der Waals surface area contributed by atoms with Gasteiger partial charge in [0.1, 0.15) is 5.82 Å². The molecular weight excluding hydrogens is 101 g/mol. The highest BCUT2D eigenvalue weighted by atomic mass is 15.1. The average Bonchev–Trinajstić information content (AvgIpc) is 2.14. The van der Waals surface area contributed by atoms with E-state index >= 15 is 0 Å². The lowest BCUT2D eigenvalue weighted by Gasteiger charge is -1.79. The first-order chi connectivity index (χ1) is 3.83. The molecule has 1 rings (SSSR count). The lowest BCUT2D eigenvalue weighted by atomic mass is 10.0.